The fourth-order valence-electron chi connectivity index (χ4n) is 4.37. The Labute approximate surface area is 227 Å². The summed E-state index contributed by atoms with van der Waals surface area (Å²) in [7, 11) is 0. The zero-order valence-electron chi connectivity index (χ0n) is 22.1. The van der Waals surface area contributed by atoms with Gasteiger partial charge in [0.2, 0.25) is 5.82 Å². The van der Waals surface area contributed by atoms with Crippen LogP contribution in [0, 0.1) is 11.6 Å². The van der Waals surface area contributed by atoms with Crippen molar-refractivity contribution in [3.8, 4) is 11.5 Å². The first-order valence-corrected chi connectivity index (χ1v) is 13.9. The molecule has 0 spiro atoms. The lowest BCUT2D eigenvalue weighted by atomic mass is 9.79. The van der Waals surface area contributed by atoms with Crippen molar-refractivity contribution in [2.75, 3.05) is 26.4 Å². The van der Waals surface area contributed by atoms with Crippen molar-refractivity contribution in [3.05, 3.63) is 47.0 Å². The molecule has 1 heterocycles. The third-order valence-electron chi connectivity index (χ3n) is 6.57. The maximum atomic E-state index is 15.5. The highest BCUT2D eigenvalue weighted by atomic mass is 35.5. The van der Waals surface area contributed by atoms with E-state index in [2.05, 4.69) is 23.8 Å². The van der Waals surface area contributed by atoms with Crippen LogP contribution in [0.15, 0.2) is 18.5 Å². The van der Waals surface area contributed by atoms with Crippen LogP contribution in [0.25, 0.3) is 0 Å². The number of rotatable bonds is 16. The number of halogens is 5. The van der Waals surface area contributed by atoms with E-state index in [0.717, 1.165) is 32.1 Å². The smallest absolute Gasteiger partial charge is 0.286 e. The molecule has 2 aromatic rings. The monoisotopic (exact) mass is 560 g/mol. The van der Waals surface area contributed by atoms with E-state index in [0.29, 0.717) is 31.8 Å². The van der Waals surface area contributed by atoms with Gasteiger partial charge in [-0.1, -0.05) is 33.1 Å². The molecule has 0 bridgehead atoms. The molecule has 1 aromatic carbocycles. The molecule has 2 atom stereocenters. The third kappa shape index (κ3) is 7.94. The van der Waals surface area contributed by atoms with Gasteiger partial charge in [0.05, 0.1) is 35.9 Å². The predicted octanol–water partition coefficient (Wildman–Crippen LogP) is 7.73. The van der Waals surface area contributed by atoms with Crippen molar-refractivity contribution in [1.29, 1.82) is 0 Å². The van der Waals surface area contributed by atoms with Crippen molar-refractivity contribution < 1.29 is 31.8 Å². The molecule has 0 amide bonds. The van der Waals surface area contributed by atoms with Gasteiger partial charge in [-0.05, 0) is 50.2 Å². The normalized spacial score (nSPS) is 17.2. The van der Waals surface area contributed by atoms with Gasteiger partial charge in [0, 0.05) is 13.2 Å². The molecule has 1 aromatic heterocycles. The van der Waals surface area contributed by atoms with Crippen molar-refractivity contribution in [2.24, 2.45) is 0 Å². The number of hydrogen-bond acceptors (Lipinski definition) is 5. The van der Waals surface area contributed by atoms with E-state index in [9.17, 15) is 8.78 Å². The first kappa shape index (κ1) is 30.4. The average Bonchev–Trinajstić information content (AvgIpc) is 2.90. The van der Waals surface area contributed by atoms with E-state index in [1.807, 2.05) is 0 Å². The molecule has 2 unspecified atom stereocenters. The maximum Gasteiger partial charge on any atom is 0.286 e. The second-order valence-corrected chi connectivity index (χ2v) is 10.2. The minimum absolute atomic E-state index is 0.0272. The fraction of sp³-hybridized carbons (Fsp3) is 0.643. The first-order chi connectivity index (χ1) is 18.3. The Balaban J connectivity index is 1.63. The van der Waals surface area contributed by atoms with Crippen molar-refractivity contribution >= 4 is 11.6 Å². The Morgan fingerprint density at radius 3 is 2.37 bits per heavy atom. The van der Waals surface area contributed by atoms with Crippen molar-refractivity contribution in [2.45, 2.75) is 88.9 Å². The molecule has 1 aliphatic rings. The zero-order chi connectivity index (χ0) is 27.5. The number of benzene rings is 1. The van der Waals surface area contributed by atoms with Gasteiger partial charge in [0.25, 0.3) is 5.92 Å². The molecule has 0 saturated heterocycles. The van der Waals surface area contributed by atoms with Crippen LogP contribution in [0.1, 0.15) is 88.1 Å². The van der Waals surface area contributed by atoms with Crippen molar-refractivity contribution in [1.82, 2.24) is 9.97 Å². The molecule has 212 valence electrons. The summed E-state index contributed by atoms with van der Waals surface area (Å²) >= 11 is 6.20. The van der Waals surface area contributed by atoms with Crippen LogP contribution >= 0.6 is 11.6 Å². The molecule has 0 N–H and O–H groups in total. The zero-order valence-corrected chi connectivity index (χ0v) is 22.8. The summed E-state index contributed by atoms with van der Waals surface area (Å²) < 4.78 is 77.1. The summed E-state index contributed by atoms with van der Waals surface area (Å²) in [5.41, 5.74) is -0.920. The Morgan fingerprint density at radius 2 is 1.66 bits per heavy atom. The lowest BCUT2D eigenvalue weighted by molar-refractivity contribution is -0.0500. The summed E-state index contributed by atoms with van der Waals surface area (Å²) in [4.78, 5) is 8.10. The summed E-state index contributed by atoms with van der Waals surface area (Å²) in [6.07, 6.45) is 8.81. The van der Waals surface area contributed by atoms with E-state index in [4.69, 9.17) is 25.8 Å². The lowest BCUT2D eigenvalue weighted by Gasteiger charge is -2.33. The topological polar surface area (TPSA) is 53.5 Å². The number of alkyl halides is 3. The summed E-state index contributed by atoms with van der Waals surface area (Å²) in [5.74, 6) is -8.39. The molecule has 3 rings (SSSR count). The van der Waals surface area contributed by atoms with E-state index < -0.39 is 29.0 Å². The van der Waals surface area contributed by atoms with Crippen LogP contribution < -0.4 is 9.47 Å². The molecule has 0 radical (unpaired) electrons. The molecular weight excluding hydrogens is 524 g/mol. The molecule has 38 heavy (non-hydrogen) atoms. The molecule has 0 saturated carbocycles. The van der Waals surface area contributed by atoms with E-state index in [-0.39, 0.29) is 48.6 Å². The maximum absolute atomic E-state index is 15.5. The number of nitrogens with zero attached hydrogens (tertiary/aromatic N) is 2. The van der Waals surface area contributed by atoms with Gasteiger partial charge in [0.1, 0.15) is 12.4 Å². The molecule has 10 heteroatoms. The molecular formula is C28H37ClF4N2O3. The largest absolute Gasteiger partial charge is 0.490 e. The van der Waals surface area contributed by atoms with E-state index in [1.54, 1.807) is 0 Å². The Kier molecular flexibility index (Phi) is 11.9. The van der Waals surface area contributed by atoms with Gasteiger partial charge in [-0.15, -0.1) is 11.6 Å². The number of aryl methyl sites for hydroxylation is 1. The second kappa shape index (κ2) is 14.9. The lowest BCUT2D eigenvalue weighted by Crippen LogP contribution is -2.33. The number of aromatic nitrogens is 2. The van der Waals surface area contributed by atoms with Gasteiger partial charge in [-0.25, -0.2) is 23.1 Å². The number of fused-ring (bicyclic) bond motifs is 1. The van der Waals surface area contributed by atoms with Crippen molar-refractivity contribution in [3.63, 3.8) is 0 Å². The summed E-state index contributed by atoms with van der Waals surface area (Å²) in [6.45, 7) is 5.77. The van der Waals surface area contributed by atoms with E-state index in [1.165, 1.54) is 18.5 Å². The van der Waals surface area contributed by atoms with Gasteiger partial charge in [0.15, 0.2) is 17.3 Å². The molecule has 0 fully saturated rings. The SMILES string of the molecule is CCCCOCCCCOc1cc2c(c(F)c1F)C(F)(F)C(c1ncc(OCC(Cl)CCCC)cn1)CC2. The van der Waals surface area contributed by atoms with Crippen LogP contribution in [-0.2, 0) is 17.1 Å². The second-order valence-electron chi connectivity index (χ2n) is 9.60. The standard InChI is InChI=1S/C28H37ClF4N2O3/c1-3-5-9-20(29)18-38-21-16-34-27(35-17-21)22-11-10-19-15-23(25(30)26(31)24(19)28(22,32)33)37-14-8-7-13-36-12-6-4-2/h15-17,20,22H,3-14,18H2,1-2H3. The number of hydrogen-bond donors (Lipinski definition) is 0. The third-order valence-corrected chi connectivity index (χ3v) is 6.92. The number of ether oxygens (including phenoxy) is 3. The Morgan fingerprint density at radius 1 is 0.974 bits per heavy atom. The highest BCUT2D eigenvalue weighted by molar-refractivity contribution is 6.20. The van der Waals surface area contributed by atoms with Gasteiger partial charge in [-0.3, -0.25) is 0 Å². The van der Waals surface area contributed by atoms with E-state index >= 15 is 8.78 Å². The highest BCUT2D eigenvalue weighted by Crippen LogP contribution is 2.51. The first-order valence-electron chi connectivity index (χ1n) is 13.5. The Hall–Kier alpha value is -2.13. The predicted molar refractivity (Wildman–Crippen MR) is 138 cm³/mol. The van der Waals surface area contributed by atoms with Crippen LogP contribution in [0.4, 0.5) is 17.6 Å². The minimum Gasteiger partial charge on any atom is -0.490 e. The van der Waals surface area contributed by atoms with Crippen LogP contribution in [0.5, 0.6) is 11.5 Å². The quantitative estimate of drug-likeness (QED) is 0.119. The average molecular weight is 561 g/mol. The van der Waals surface area contributed by atoms with Gasteiger partial charge >= 0.3 is 0 Å². The molecule has 5 nitrogen and oxygen atoms in total. The Bertz CT molecular complexity index is 1010. The van der Waals surface area contributed by atoms with Gasteiger partial charge < -0.3 is 14.2 Å². The van der Waals surface area contributed by atoms with Crippen LogP contribution in [0.3, 0.4) is 0 Å². The summed E-state index contributed by atoms with van der Waals surface area (Å²) in [5, 5.41) is -0.176. The molecule has 0 aliphatic heterocycles. The van der Waals surface area contributed by atoms with Gasteiger partial charge in [-0.2, -0.15) is 4.39 Å². The molecule has 1 aliphatic carbocycles. The van der Waals surface area contributed by atoms with Crippen LogP contribution in [-0.4, -0.2) is 41.8 Å². The fourth-order valence-corrected chi connectivity index (χ4v) is 4.59. The summed E-state index contributed by atoms with van der Waals surface area (Å²) in [6, 6.07) is 1.19. The highest BCUT2D eigenvalue weighted by Gasteiger charge is 2.50. The van der Waals surface area contributed by atoms with Crippen LogP contribution in [0.2, 0.25) is 0 Å². The number of unbranched alkanes of at least 4 members (excludes halogenated alkanes) is 3. The minimum atomic E-state index is -3.70.